The molecule has 1 aromatic rings. The van der Waals surface area contributed by atoms with Crippen LogP contribution in [0.2, 0.25) is 0 Å². The van der Waals surface area contributed by atoms with E-state index in [1.54, 1.807) is 13.1 Å². The van der Waals surface area contributed by atoms with E-state index in [-0.39, 0.29) is 5.56 Å². The van der Waals surface area contributed by atoms with Crippen LogP contribution in [0.3, 0.4) is 0 Å². The maximum atomic E-state index is 13.7. The van der Waals surface area contributed by atoms with Gasteiger partial charge in [-0.3, -0.25) is 4.79 Å². The van der Waals surface area contributed by atoms with E-state index >= 15 is 0 Å². The van der Waals surface area contributed by atoms with Gasteiger partial charge in [-0.2, -0.15) is 5.26 Å². The summed E-state index contributed by atoms with van der Waals surface area (Å²) in [5.74, 6) is -1.02. The van der Waals surface area contributed by atoms with Gasteiger partial charge in [0.25, 0.3) is 5.91 Å². The smallest absolute Gasteiger partial charge is 0.257 e. The van der Waals surface area contributed by atoms with E-state index in [0.717, 1.165) is 6.42 Å². The molecule has 0 bridgehead atoms. The van der Waals surface area contributed by atoms with Crippen molar-refractivity contribution in [2.75, 3.05) is 7.05 Å². The predicted molar refractivity (Wildman–Crippen MR) is 68.4 cm³/mol. The van der Waals surface area contributed by atoms with Crippen LogP contribution in [-0.2, 0) is 0 Å². The molecule has 0 N–H and O–H groups in total. The fourth-order valence-corrected chi connectivity index (χ4v) is 2.41. The molecular formula is C13H12BrFN2O. The van der Waals surface area contributed by atoms with Gasteiger partial charge in [-0.15, -0.1) is 0 Å². The quantitative estimate of drug-likeness (QED) is 0.842. The molecule has 0 aliphatic heterocycles. The SMILES string of the molecule is CN(C(=O)c1ccc(Br)cc1F)C1(C#N)CCC1. The van der Waals surface area contributed by atoms with E-state index in [4.69, 9.17) is 0 Å². The molecule has 0 unspecified atom stereocenters. The normalized spacial score (nSPS) is 16.6. The lowest BCUT2D eigenvalue weighted by Gasteiger charge is -2.42. The molecule has 1 aliphatic rings. The average molecular weight is 311 g/mol. The molecule has 1 saturated carbocycles. The molecule has 0 spiro atoms. The number of hydrogen-bond acceptors (Lipinski definition) is 2. The van der Waals surface area contributed by atoms with Gasteiger partial charge in [0, 0.05) is 11.5 Å². The minimum Gasteiger partial charge on any atom is -0.323 e. The lowest BCUT2D eigenvalue weighted by molar-refractivity contribution is 0.0493. The van der Waals surface area contributed by atoms with Crippen molar-refractivity contribution in [3.63, 3.8) is 0 Å². The zero-order valence-electron chi connectivity index (χ0n) is 9.91. The molecule has 2 rings (SSSR count). The maximum Gasteiger partial charge on any atom is 0.257 e. The van der Waals surface area contributed by atoms with Gasteiger partial charge in [0.1, 0.15) is 11.4 Å². The molecule has 0 atom stereocenters. The molecule has 1 amide bonds. The van der Waals surface area contributed by atoms with Crippen molar-refractivity contribution < 1.29 is 9.18 Å². The zero-order valence-corrected chi connectivity index (χ0v) is 11.5. The topological polar surface area (TPSA) is 44.1 Å². The molecule has 0 radical (unpaired) electrons. The van der Waals surface area contributed by atoms with Crippen LogP contribution in [0.15, 0.2) is 22.7 Å². The number of rotatable bonds is 2. The van der Waals surface area contributed by atoms with Crippen molar-refractivity contribution in [3.05, 3.63) is 34.1 Å². The molecule has 0 saturated heterocycles. The van der Waals surface area contributed by atoms with Gasteiger partial charge >= 0.3 is 0 Å². The molecule has 1 aliphatic carbocycles. The Morgan fingerprint density at radius 1 is 1.56 bits per heavy atom. The fourth-order valence-electron chi connectivity index (χ4n) is 2.07. The highest BCUT2D eigenvalue weighted by atomic mass is 79.9. The van der Waals surface area contributed by atoms with E-state index in [2.05, 4.69) is 22.0 Å². The van der Waals surface area contributed by atoms with Gasteiger partial charge in [0.2, 0.25) is 0 Å². The fraction of sp³-hybridized carbons (Fsp3) is 0.385. The second-order valence-electron chi connectivity index (χ2n) is 4.49. The largest absolute Gasteiger partial charge is 0.323 e. The Bertz CT molecular complexity index is 534. The summed E-state index contributed by atoms with van der Waals surface area (Å²) in [6, 6.07) is 6.47. The summed E-state index contributed by atoms with van der Waals surface area (Å²) in [5.41, 5.74) is -0.751. The molecule has 5 heteroatoms. The predicted octanol–water partition coefficient (Wildman–Crippen LogP) is 3.11. The van der Waals surface area contributed by atoms with Crippen molar-refractivity contribution in [1.29, 1.82) is 5.26 Å². The number of carbonyl (C=O) groups is 1. The summed E-state index contributed by atoms with van der Waals surface area (Å²) in [6.45, 7) is 0. The summed E-state index contributed by atoms with van der Waals surface area (Å²) in [6.07, 6.45) is 2.24. The van der Waals surface area contributed by atoms with E-state index < -0.39 is 17.3 Å². The third-order valence-electron chi connectivity index (χ3n) is 3.50. The van der Waals surface area contributed by atoms with Gasteiger partial charge < -0.3 is 4.90 Å². The summed E-state index contributed by atoms with van der Waals surface area (Å²) >= 11 is 3.14. The van der Waals surface area contributed by atoms with Crippen molar-refractivity contribution in [1.82, 2.24) is 4.90 Å². The molecule has 0 heterocycles. The summed E-state index contributed by atoms with van der Waals surface area (Å²) in [4.78, 5) is 13.6. The lowest BCUT2D eigenvalue weighted by Crippen LogP contribution is -2.53. The molecule has 94 valence electrons. The minimum absolute atomic E-state index is 0.00206. The molecule has 1 fully saturated rings. The molecule has 1 aromatic carbocycles. The van der Waals surface area contributed by atoms with E-state index in [1.807, 2.05) is 0 Å². The van der Waals surface area contributed by atoms with E-state index in [0.29, 0.717) is 17.3 Å². The Hall–Kier alpha value is -1.41. The van der Waals surface area contributed by atoms with Gasteiger partial charge in [0.05, 0.1) is 11.6 Å². The third kappa shape index (κ3) is 2.01. The van der Waals surface area contributed by atoms with Crippen LogP contribution in [0.25, 0.3) is 0 Å². The summed E-state index contributed by atoms with van der Waals surface area (Å²) in [7, 11) is 1.56. The Balaban J connectivity index is 2.29. The van der Waals surface area contributed by atoms with Crippen LogP contribution >= 0.6 is 15.9 Å². The second-order valence-corrected chi connectivity index (χ2v) is 5.40. The standard InChI is InChI=1S/C13H12BrFN2O/c1-17(13(8-16)5-2-6-13)12(18)10-4-3-9(14)7-11(10)15/h3-4,7H,2,5-6H2,1H3. The van der Waals surface area contributed by atoms with Crippen LogP contribution < -0.4 is 0 Å². The first-order valence-electron chi connectivity index (χ1n) is 5.65. The first kappa shape index (κ1) is 13.0. The first-order valence-corrected chi connectivity index (χ1v) is 6.44. The van der Waals surface area contributed by atoms with Crippen molar-refractivity contribution in [2.45, 2.75) is 24.8 Å². The number of hydrogen-bond donors (Lipinski definition) is 0. The average Bonchev–Trinajstić information content (AvgIpc) is 2.27. The minimum atomic E-state index is -0.753. The van der Waals surface area contributed by atoms with Crippen LogP contribution in [0, 0.1) is 17.1 Å². The number of nitriles is 1. The Morgan fingerprint density at radius 2 is 2.22 bits per heavy atom. The number of halogens is 2. The highest BCUT2D eigenvalue weighted by molar-refractivity contribution is 9.10. The number of nitrogens with zero attached hydrogens (tertiary/aromatic N) is 2. The Kier molecular flexibility index (Phi) is 3.40. The first-order chi connectivity index (χ1) is 8.50. The molecule has 3 nitrogen and oxygen atoms in total. The highest BCUT2D eigenvalue weighted by Gasteiger charge is 2.44. The number of carbonyl (C=O) groups excluding carboxylic acids is 1. The Morgan fingerprint density at radius 3 is 2.67 bits per heavy atom. The van der Waals surface area contributed by atoms with Crippen LogP contribution in [0.5, 0.6) is 0 Å². The van der Waals surface area contributed by atoms with Crippen molar-refractivity contribution in [2.24, 2.45) is 0 Å². The van der Waals surface area contributed by atoms with E-state index in [1.165, 1.54) is 17.0 Å². The second kappa shape index (κ2) is 4.69. The third-order valence-corrected chi connectivity index (χ3v) is 3.99. The summed E-state index contributed by atoms with van der Waals surface area (Å²) in [5, 5.41) is 9.17. The lowest BCUT2D eigenvalue weighted by atomic mass is 9.76. The Labute approximate surface area is 113 Å². The zero-order chi connectivity index (χ0) is 13.3. The molecule has 18 heavy (non-hydrogen) atoms. The van der Waals surface area contributed by atoms with Crippen LogP contribution in [0.4, 0.5) is 4.39 Å². The van der Waals surface area contributed by atoms with E-state index in [9.17, 15) is 14.4 Å². The van der Waals surface area contributed by atoms with Crippen LogP contribution in [0.1, 0.15) is 29.6 Å². The maximum absolute atomic E-state index is 13.7. The molecule has 0 aromatic heterocycles. The number of amides is 1. The van der Waals surface area contributed by atoms with Crippen molar-refractivity contribution >= 4 is 21.8 Å². The van der Waals surface area contributed by atoms with Crippen LogP contribution in [-0.4, -0.2) is 23.4 Å². The van der Waals surface area contributed by atoms with Gasteiger partial charge in [-0.1, -0.05) is 15.9 Å². The van der Waals surface area contributed by atoms with Gasteiger partial charge in [-0.05, 0) is 37.5 Å². The molecular weight excluding hydrogens is 299 g/mol. The van der Waals surface area contributed by atoms with Gasteiger partial charge in [0.15, 0.2) is 0 Å². The van der Waals surface area contributed by atoms with Gasteiger partial charge in [-0.25, -0.2) is 4.39 Å². The summed E-state index contributed by atoms with van der Waals surface area (Å²) < 4.78 is 14.3. The number of benzene rings is 1. The highest BCUT2D eigenvalue weighted by Crippen LogP contribution is 2.37. The monoisotopic (exact) mass is 310 g/mol. The van der Waals surface area contributed by atoms with Crippen molar-refractivity contribution in [3.8, 4) is 6.07 Å².